The maximum absolute atomic E-state index is 12.3. The molecule has 0 aromatic heterocycles. The molecule has 142 valence electrons. The van der Waals surface area contributed by atoms with Crippen LogP contribution < -0.4 is 20.1 Å². The molecule has 1 heterocycles. The molecule has 2 aromatic rings. The quantitative estimate of drug-likeness (QED) is 0.818. The molecular weight excluding hydrogens is 344 g/mol. The van der Waals surface area contributed by atoms with Gasteiger partial charge in [-0.1, -0.05) is 6.07 Å². The maximum Gasteiger partial charge on any atom is 0.234 e. The zero-order valence-electron chi connectivity index (χ0n) is 16.0. The lowest BCUT2D eigenvalue weighted by Gasteiger charge is -2.16. The van der Waals surface area contributed by atoms with Gasteiger partial charge in [0.15, 0.2) is 11.5 Å². The van der Waals surface area contributed by atoms with Gasteiger partial charge in [0.1, 0.15) is 0 Å². The molecule has 3 rings (SSSR count). The van der Waals surface area contributed by atoms with Crippen LogP contribution in [0.5, 0.6) is 11.5 Å². The topological polar surface area (TPSA) is 76.7 Å². The fraction of sp³-hybridized carbons (Fsp3) is 0.333. The van der Waals surface area contributed by atoms with Gasteiger partial charge in [-0.2, -0.15) is 0 Å². The van der Waals surface area contributed by atoms with Gasteiger partial charge in [-0.15, -0.1) is 0 Å². The molecule has 0 saturated carbocycles. The third kappa shape index (κ3) is 3.74. The molecule has 0 bridgehead atoms. The molecule has 1 aliphatic rings. The number of nitrogens with one attached hydrogen (secondary N) is 2. The largest absolute Gasteiger partial charge is 0.493 e. The molecule has 6 heteroatoms. The highest BCUT2D eigenvalue weighted by molar-refractivity contribution is 6.06. The zero-order chi connectivity index (χ0) is 19.6. The van der Waals surface area contributed by atoms with E-state index in [-0.39, 0.29) is 11.8 Å². The second kappa shape index (κ2) is 7.31. The van der Waals surface area contributed by atoms with Crippen molar-refractivity contribution in [1.82, 2.24) is 0 Å². The Hall–Kier alpha value is -3.02. The van der Waals surface area contributed by atoms with Crippen molar-refractivity contribution in [2.24, 2.45) is 0 Å². The van der Waals surface area contributed by atoms with E-state index in [9.17, 15) is 9.59 Å². The summed E-state index contributed by atoms with van der Waals surface area (Å²) in [6.45, 7) is 3.74. The summed E-state index contributed by atoms with van der Waals surface area (Å²) in [7, 11) is 3.18. The number of hydrogen-bond donors (Lipinski definition) is 2. The van der Waals surface area contributed by atoms with Gasteiger partial charge in [-0.3, -0.25) is 9.59 Å². The van der Waals surface area contributed by atoms with Crippen LogP contribution in [0.1, 0.15) is 31.4 Å². The standard InChI is InChI=1S/C21H24N2O4/c1-21(2)15-12-14(7-8-16(15)23-20(21)25)22-19(24)10-6-13-5-9-17(26-3)18(11-13)27-4/h5,7-9,11-12H,6,10H2,1-4H3,(H,22,24)(H,23,25). The highest BCUT2D eigenvalue weighted by atomic mass is 16.5. The van der Waals surface area contributed by atoms with Crippen molar-refractivity contribution < 1.29 is 19.1 Å². The Morgan fingerprint density at radius 1 is 1.07 bits per heavy atom. The van der Waals surface area contributed by atoms with E-state index < -0.39 is 5.41 Å². The number of fused-ring (bicyclic) bond motifs is 1. The molecule has 2 aromatic carbocycles. The first-order chi connectivity index (χ1) is 12.8. The van der Waals surface area contributed by atoms with Gasteiger partial charge in [0, 0.05) is 17.8 Å². The zero-order valence-corrected chi connectivity index (χ0v) is 16.0. The first kappa shape index (κ1) is 18.8. The van der Waals surface area contributed by atoms with Crippen molar-refractivity contribution in [3.8, 4) is 11.5 Å². The SMILES string of the molecule is COc1ccc(CCC(=O)Nc2ccc3c(c2)C(C)(C)C(=O)N3)cc1OC. The van der Waals surface area contributed by atoms with Crippen LogP contribution >= 0.6 is 0 Å². The Labute approximate surface area is 158 Å². The fourth-order valence-electron chi connectivity index (χ4n) is 3.17. The predicted molar refractivity (Wildman–Crippen MR) is 105 cm³/mol. The minimum absolute atomic E-state index is 0.0329. The smallest absolute Gasteiger partial charge is 0.234 e. The van der Waals surface area contributed by atoms with Crippen LogP contribution in [0.4, 0.5) is 11.4 Å². The molecule has 0 radical (unpaired) electrons. The molecule has 2 N–H and O–H groups in total. The van der Waals surface area contributed by atoms with E-state index in [1.807, 2.05) is 44.2 Å². The van der Waals surface area contributed by atoms with Gasteiger partial charge in [0.25, 0.3) is 0 Å². The van der Waals surface area contributed by atoms with E-state index >= 15 is 0 Å². The van der Waals surface area contributed by atoms with Gasteiger partial charge in [0.05, 0.1) is 19.6 Å². The van der Waals surface area contributed by atoms with Gasteiger partial charge in [0.2, 0.25) is 11.8 Å². The molecule has 0 unspecified atom stereocenters. The molecule has 0 fully saturated rings. The number of hydrogen-bond acceptors (Lipinski definition) is 4. The Kier molecular flexibility index (Phi) is 5.08. The van der Waals surface area contributed by atoms with Gasteiger partial charge >= 0.3 is 0 Å². The maximum atomic E-state index is 12.3. The van der Waals surface area contributed by atoms with E-state index in [4.69, 9.17) is 9.47 Å². The van der Waals surface area contributed by atoms with E-state index in [1.54, 1.807) is 20.3 Å². The van der Waals surface area contributed by atoms with E-state index in [0.717, 1.165) is 16.8 Å². The summed E-state index contributed by atoms with van der Waals surface area (Å²) in [6, 6.07) is 11.1. The average Bonchev–Trinajstić information content (AvgIpc) is 2.88. The third-order valence-electron chi connectivity index (χ3n) is 4.88. The van der Waals surface area contributed by atoms with Crippen LogP contribution in [0.3, 0.4) is 0 Å². The fourth-order valence-corrected chi connectivity index (χ4v) is 3.17. The number of rotatable bonds is 6. The summed E-state index contributed by atoms with van der Waals surface area (Å²) >= 11 is 0. The number of anilines is 2. The van der Waals surface area contributed by atoms with Crippen LogP contribution in [-0.4, -0.2) is 26.0 Å². The van der Waals surface area contributed by atoms with Gasteiger partial charge in [-0.25, -0.2) is 0 Å². The van der Waals surface area contributed by atoms with Gasteiger partial charge < -0.3 is 20.1 Å². The van der Waals surface area contributed by atoms with Crippen molar-refractivity contribution in [2.45, 2.75) is 32.1 Å². The van der Waals surface area contributed by atoms with Crippen LogP contribution in [0, 0.1) is 0 Å². The Morgan fingerprint density at radius 2 is 1.81 bits per heavy atom. The minimum Gasteiger partial charge on any atom is -0.493 e. The highest BCUT2D eigenvalue weighted by Crippen LogP contribution is 2.38. The molecular formula is C21H24N2O4. The van der Waals surface area contributed by atoms with Crippen LogP contribution in [0.2, 0.25) is 0 Å². The summed E-state index contributed by atoms with van der Waals surface area (Å²) in [5.74, 6) is 1.19. The van der Waals surface area contributed by atoms with Crippen molar-refractivity contribution in [1.29, 1.82) is 0 Å². The van der Waals surface area contributed by atoms with Gasteiger partial charge in [-0.05, 0) is 61.7 Å². The predicted octanol–water partition coefficient (Wildman–Crippen LogP) is 3.50. The molecule has 0 saturated heterocycles. The summed E-state index contributed by atoms with van der Waals surface area (Å²) < 4.78 is 10.5. The lowest BCUT2D eigenvalue weighted by atomic mass is 9.86. The third-order valence-corrected chi connectivity index (χ3v) is 4.88. The number of carbonyl (C=O) groups excluding carboxylic acids is 2. The Morgan fingerprint density at radius 3 is 2.52 bits per heavy atom. The molecule has 0 aliphatic carbocycles. The van der Waals surface area contributed by atoms with Crippen LogP contribution in [0.15, 0.2) is 36.4 Å². The normalized spacial score (nSPS) is 14.3. The first-order valence-electron chi connectivity index (χ1n) is 8.82. The Balaban J connectivity index is 1.64. The van der Waals surface area contributed by atoms with Crippen LogP contribution in [-0.2, 0) is 21.4 Å². The van der Waals surface area contributed by atoms with E-state index in [0.29, 0.717) is 30.0 Å². The molecule has 1 aliphatic heterocycles. The van der Waals surface area contributed by atoms with Crippen molar-refractivity contribution in [3.63, 3.8) is 0 Å². The average molecular weight is 368 g/mol. The second-order valence-electron chi connectivity index (χ2n) is 7.08. The summed E-state index contributed by atoms with van der Waals surface area (Å²) in [5, 5.41) is 5.77. The van der Waals surface area contributed by atoms with Crippen molar-refractivity contribution in [2.75, 3.05) is 24.9 Å². The number of aryl methyl sites for hydroxylation is 1. The molecule has 6 nitrogen and oxygen atoms in total. The summed E-state index contributed by atoms with van der Waals surface area (Å²) in [5.41, 5.74) is 2.78. The summed E-state index contributed by atoms with van der Waals surface area (Å²) in [6.07, 6.45) is 0.926. The van der Waals surface area contributed by atoms with Crippen LogP contribution in [0.25, 0.3) is 0 Å². The molecule has 27 heavy (non-hydrogen) atoms. The monoisotopic (exact) mass is 368 g/mol. The number of ether oxygens (including phenoxy) is 2. The number of amides is 2. The molecule has 0 atom stereocenters. The first-order valence-corrected chi connectivity index (χ1v) is 8.82. The second-order valence-corrected chi connectivity index (χ2v) is 7.08. The number of carbonyl (C=O) groups is 2. The minimum atomic E-state index is -0.601. The Bertz CT molecular complexity index is 890. The lowest BCUT2D eigenvalue weighted by Crippen LogP contribution is -2.26. The molecule has 2 amide bonds. The van der Waals surface area contributed by atoms with E-state index in [2.05, 4.69) is 10.6 Å². The van der Waals surface area contributed by atoms with E-state index in [1.165, 1.54) is 0 Å². The number of methoxy groups -OCH3 is 2. The van der Waals surface area contributed by atoms with Crippen molar-refractivity contribution >= 4 is 23.2 Å². The molecule has 0 spiro atoms. The number of benzene rings is 2. The lowest BCUT2D eigenvalue weighted by molar-refractivity contribution is -0.119. The summed E-state index contributed by atoms with van der Waals surface area (Å²) in [4.78, 5) is 24.4. The highest BCUT2D eigenvalue weighted by Gasteiger charge is 2.38. The van der Waals surface area contributed by atoms with Crippen molar-refractivity contribution in [3.05, 3.63) is 47.5 Å².